The number of halogens is 3. The van der Waals surface area contributed by atoms with Crippen molar-refractivity contribution in [2.75, 3.05) is 0 Å². The van der Waals surface area contributed by atoms with Gasteiger partial charge < -0.3 is 4.74 Å². The summed E-state index contributed by atoms with van der Waals surface area (Å²) in [6.45, 7) is 3.68. The van der Waals surface area contributed by atoms with Gasteiger partial charge in [-0.05, 0) is 37.0 Å². The Morgan fingerprint density at radius 2 is 1.79 bits per heavy atom. The first-order valence-corrected chi connectivity index (χ1v) is 6.97. The highest BCUT2D eigenvalue weighted by molar-refractivity contribution is 7.83. The predicted molar refractivity (Wildman–Crippen MR) is 67.9 cm³/mol. The molecule has 2 N–H and O–H groups in total. The van der Waals surface area contributed by atoms with E-state index in [0.717, 1.165) is 5.56 Å². The molecule has 0 fully saturated rings. The van der Waals surface area contributed by atoms with Crippen LogP contribution in [-0.2, 0) is 11.0 Å². The standard InChI is InChI=1S/C12H16F3NO2S/c1-8(7-9(2)19(16)17)10-3-5-11(6-4-10)18-12(13,14)15/h3-6,8-9H,7,16H2,1-2H3/t8-,9?,19?/m0/s1. The molecule has 0 saturated heterocycles. The Morgan fingerprint density at radius 3 is 2.21 bits per heavy atom. The van der Waals surface area contributed by atoms with Gasteiger partial charge in [0.15, 0.2) is 0 Å². The molecule has 2 unspecified atom stereocenters. The van der Waals surface area contributed by atoms with Gasteiger partial charge in [0, 0.05) is 5.25 Å². The van der Waals surface area contributed by atoms with Crippen LogP contribution in [0.15, 0.2) is 24.3 Å². The summed E-state index contributed by atoms with van der Waals surface area (Å²) in [5.41, 5.74) is 0.854. The number of benzene rings is 1. The van der Waals surface area contributed by atoms with E-state index >= 15 is 0 Å². The molecule has 0 aliphatic carbocycles. The van der Waals surface area contributed by atoms with Crippen LogP contribution in [0.2, 0.25) is 0 Å². The topological polar surface area (TPSA) is 52.3 Å². The first kappa shape index (κ1) is 16.0. The molecule has 1 aromatic carbocycles. The van der Waals surface area contributed by atoms with Gasteiger partial charge in [0.05, 0.1) is 11.0 Å². The molecule has 7 heteroatoms. The van der Waals surface area contributed by atoms with Crippen LogP contribution in [0.3, 0.4) is 0 Å². The van der Waals surface area contributed by atoms with E-state index in [2.05, 4.69) is 4.74 Å². The van der Waals surface area contributed by atoms with Crippen LogP contribution in [0, 0.1) is 0 Å². The summed E-state index contributed by atoms with van der Waals surface area (Å²) in [6.07, 6.45) is -4.08. The monoisotopic (exact) mass is 295 g/mol. The second-order valence-electron chi connectivity index (χ2n) is 4.39. The molecule has 0 aliphatic heterocycles. The SMILES string of the molecule is CC(C[C@H](C)c1ccc(OC(F)(F)F)cc1)S(N)=O. The molecule has 0 bridgehead atoms. The van der Waals surface area contributed by atoms with Crippen LogP contribution >= 0.6 is 0 Å². The van der Waals surface area contributed by atoms with Gasteiger partial charge in [-0.3, -0.25) is 5.14 Å². The number of rotatable bonds is 5. The van der Waals surface area contributed by atoms with Crippen LogP contribution in [0.25, 0.3) is 0 Å². The smallest absolute Gasteiger partial charge is 0.406 e. The lowest BCUT2D eigenvalue weighted by molar-refractivity contribution is -0.274. The van der Waals surface area contributed by atoms with Crippen molar-refractivity contribution in [1.29, 1.82) is 0 Å². The average molecular weight is 295 g/mol. The van der Waals surface area contributed by atoms with Crippen molar-refractivity contribution in [3.63, 3.8) is 0 Å². The quantitative estimate of drug-likeness (QED) is 0.907. The van der Waals surface area contributed by atoms with Crippen LogP contribution in [0.5, 0.6) is 5.75 Å². The third-order valence-electron chi connectivity index (χ3n) is 2.76. The highest BCUT2D eigenvalue weighted by atomic mass is 32.2. The van der Waals surface area contributed by atoms with Crippen molar-refractivity contribution in [1.82, 2.24) is 0 Å². The third kappa shape index (κ3) is 5.61. The third-order valence-corrected chi connectivity index (χ3v) is 3.75. The molecule has 0 aliphatic rings. The number of hydrogen-bond acceptors (Lipinski definition) is 2. The van der Waals surface area contributed by atoms with Crippen LogP contribution in [-0.4, -0.2) is 15.8 Å². The maximum Gasteiger partial charge on any atom is 0.573 e. The van der Waals surface area contributed by atoms with Crippen molar-refractivity contribution < 1.29 is 22.1 Å². The lowest BCUT2D eigenvalue weighted by atomic mass is 9.96. The second-order valence-corrected chi connectivity index (χ2v) is 5.85. The zero-order valence-electron chi connectivity index (χ0n) is 10.6. The predicted octanol–water partition coefficient (Wildman–Crippen LogP) is 3.09. The van der Waals surface area contributed by atoms with Crippen molar-refractivity contribution in [2.45, 2.75) is 37.8 Å². The number of nitrogens with two attached hydrogens (primary N) is 1. The van der Waals surface area contributed by atoms with E-state index in [4.69, 9.17) is 5.14 Å². The van der Waals surface area contributed by atoms with E-state index in [1.165, 1.54) is 12.1 Å². The van der Waals surface area contributed by atoms with E-state index in [0.29, 0.717) is 6.42 Å². The average Bonchev–Trinajstić information content (AvgIpc) is 2.27. The number of hydrogen-bond donors (Lipinski definition) is 1. The van der Waals surface area contributed by atoms with Gasteiger partial charge in [-0.1, -0.05) is 19.1 Å². The Hall–Kier alpha value is -1.08. The van der Waals surface area contributed by atoms with Gasteiger partial charge in [0.25, 0.3) is 0 Å². The maximum atomic E-state index is 12.0. The second kappa shape index (κ2) is 6.38. The van der Waals surface area contributed by atoms with Gasteiger partial charge in [0.1, 0.15) is 5.75 Å². The summed E-state index contributed by atoms with van der Waals surface area (Å²) in [5, 5.41) is 5.12. The summed E-state index contributed by atoms with van der Waals surface area (Å²) in [4.78, 5) is 0. The zero-order chi connectivity index (χ0) is 14.6. The Bertz CT molecular complexity index is 434. The molecular formula is C12H16F3NO2S. The Labute approximate surface area is 112 Å². The van der Waals surface area contributed by atoms with Crippen LogP contribution in [0.1, 0.15) is 31.7 Å². The van der Waals surface area contributed by atoms with E-state index in [9.17, 15) is 17.4 Å². The van der Waals surface area contributed by atoms with Crippen molar-refractivity contribution in [3.8, 4) is 5.75 Å². The van der Waals surface area contributed by atoms with Gasteiger partial charge in [-0.15, -0.1) is 13.2 Å². The molecule has 1 aromatic rings. The van der Waals surface area contributed by atoms with E-state index in [1.807, 2.05) is 6.92 Å². The summed E-state index contributed by atoms with van der Waals surface area (Å²) in [5.74, 6) is -0.193. The van der Waals surface area contributed by atoms with E-state index in [-0.39, 0.29) is 16.9 Å². The van der Waals surface area contributed by atoms with Gasteiger partial charge in [-0.25, -0.2) is 4.21 Å². The fraction of sp³-hybridized carbons (Fsp3) is 0.500. The zero-order valence-corrected chi connectivity index (χ0v) is 11.4. The maximum absolute atomic E-state index is 12.0. The molecule has 0 spiro atoms. The number of alkyl halides is 3. The van der Waals surface area contributed by atoms with Crippen LogP contribution in [0.4, 0.5) is 13.2 Å². The minimum absolute atomic E-state index is 0.0578. The normalized spacial score (nSPS) is 16.7. The summed E-state index contributed by atoms with van der Waals surface area (Å²) in [6, 6.07) is 5.67. The van der Waals surface area contributed by atoms with Gasteiger partial charge in [-0.2, -0.15) is 0 Å². The summed E-state index contributed by atoms with van der Waals surface area (Å²) in [7, 11) is -1.40. The van der Waals surface area contributed by atoms with Crippen molar-refractivity contribution in [3.05, 3.63) is 29.8 Å². The minimum Gasteiger partial charge on any atom is -0.406 e. The first-order valence-electron chi connectivity index (χ1n) is 5.69. The largest absolute Gasteiger partial charge is 0.573 e. The molecule has 0 aromatic heterocycles. The minimum atomic E-state index is -4.68. The number of ether oxygens (including phenoxy) is 1. The Balaban J connectivity index is 2.68. The molecule has 3 atom stereocenters. The fourth-order valence-corrected chi connectivity index (χ4v) is 2.21. The fourth-order valence-electron chi connectivity index (χ4n) is 1.73. The Kier molecular flexibility index (Phi) is 5.37. The molecule has 108 valence electrons. The molecule has 0 heterocycles. The summed E-state index contributed by atoms with van der Waals surface area (Å²) < 4.78 is 50.8. The molecule has 0 radical (unpaired) electrons. The molecule has 19 heavy (non-hydrogen) atoms. The highest BCUT2D eigenvalue weighted by Crippen LogP contribution is 2.27. The highest BCUT2D eigenvalue weighted by Gasteiger charge is 2.31. The Morgan fingerprint density at radius 1 is 1.26 bits per heavy atom. The molecule has 0 amide bonds. The lowest BCUT2D eigenvalue weighted by Crippen LogP contribution is -2.20. The van der Waals surface area contributed by atoms with Crippen LogP contribution < -0.4 is 9.88 Å². The van der Waals surface area contributed by atoms with Crippen molar-refractivity contribution >= 4 is 11.0 Å². The molecular weight excluding hydrogens is 279 g/mol. The van der Waals surface area contributed by atoms with Gasteiger partial charge >= 0.3 is 6.36 Å². The molecule has 0 saturated carbocycles. The van der Waals surface area contributed by atoms with Crippen molar-refractivity contribution in [2.24, 2.45) is 5.14 Å². The van der Waals surface area contributed by atoms with E-state index in [1.54, 1.807) is 19.1 Å². The van der Waals surface area contributed by atoms with E-state index < -0.39 is 17.3 Å². The lowest BCUT2D eigenvalue weighted by Gasteiger charge is -2.16. The first-order chi connectivity index (χ1) is 8.69. The summed E-state index contributed by atoms with van der Waals surface area (Å²) >= 11 is 0. The molecule has 3 nitrogen and oxygen atoms in total. The molecule has 1 rings (SSSR count). The van der Waals surface area contributed by atoms with Gasteiger partial charge in [0.2, 0.25) is 0 Å².